The van der Waals surface area contributed by atoms with E-state index < -0.39 is 0 Å². The lowest BCUT2D eigenvalue weighted by molar-refractivity contribution is 0.289. The monoisotopic (exact) mass is 287 g/mol. The van der Waals surface area contributed by atoms with Crippen molar-refractivity contribution in [1.82, 2.24) is 0 Å². The lowest BCUT2D eigenvalue weighted by atomic mass is 10.1. The van der Waals surface area contributed by atoms with Crippen LogP contribution < -0.4 is 19.9 Å². The fourth-order valence-corrected chi connectivity index (χ4v) is 1.95. The zero-order valence-corrected chi connectivity index (χ0v) is 12.4. The van der Waals surface area contributed by atoms with Crippen LogP contribution in [0.3, 0.4) is 0 Å². The van der Waals surface area contributed by atoms with Gasteiger partial charge < -0.3 is 19.9 Å². The summed E-state index contributed by atoms with van der Waals surface area (Å²) in [6.45, 7) is 3.01. The summed E-state index contributed by atoms with van der Waals surface area (Å²) in [6, 6.07) is 15.0. The van der Waals surface area contributed by atoms with Gasteiger partial charge >= 0.3 is 0 Å². The average molecular weight is 287 g/mol. The maximum absolute atomic E-state index is 6.14. The molecule has 1 atom stereocenters. The fraction of sp³-hybridized carbons (Fsp3) is 0.294. The SMILES string of the molecule is CCOc1ccc(OCC(N)c2cccc(OC)c2)cc1. The Bertz CT molecular complexity index is 554. The highest BCUT2D eigenvalue weighted by molar-refractivity contribution is 5.32. The van der Waals surface area contributed by atoms with Crippen molar-refractivity contribution in [3.05, 3.63) is 54.1 Å². The number of benzene rings is 2. The largest absolute Gasteiger partial charge is 0.497 e. The van der Waals surface area contributed by atoms with Crippen LogP contribution in [0.2, 0.25) is 0 Å². The van der Waals surface area contributed by atoms with Gasteiger partial charge in [-0.25, -0.2) is 0 Å². The molecule has 0 saturated heterocycles. The van der Waals surface area contributed by atoms with E-state index in [1.54, 1.807) is 7.11 Å². The van der Waals surface area contributed by atoms with E-state index in [9.17, 15) is 0 Å². The van der Waals surface area contributed by atoms with Gasteiger partial charge in [0.05, 0.1) is 19.8 Å². The third-order valence-electron chi connectivity index (χ3n) is 3.09. The molecule has 4 nitrogen and oxygen atoms in total. The third-order valence-corrected chi connectivity index (χ3v) is 3.09. The minimum absolute atomic E-state index is 0.202. The first-order chi connectivity index (χ1) is 10.2. The first-order valence-electron chi connectivity index (χ1n) is 6.98. The van der Waals surface area contributed by atoms with Crippen molar-refractivity contribution < 1.29 is 14.2 Å². The predicted octanol–water partition coefficient (Wildman–Crippen LogP) is 3.17. The van der Waals surface area contributed by atoms with Gasteiger partial charge in [0, 0.05) is 0 Å². The summed E-state index contributed by atoms with van der Waals surface area (Å²) in [5, 5.41) is 0. The summed E-state index contributed by atoms with van der Waals surface area (Å²) in [7, 11) is 1.64. The highest BCUT2D eigenvalue weighted by Crippen LogP contribution is 2.21. The summed E-state index contributed by atoms with van der Waals surface area (Å²) in [4.78, 5) is 0. The molecule has 0 bridgehead atoms. The minimum Gasteiger partial charge on any atom is -0.497 e. The van der Waals surface area contributed by atoms with Crippen LogP contribution in [-0.2, 0) is 0 Å². The van der Waals surface area contributed by atoms with E-state index in [1.807, 2.05) is 55.5 Å². The smallest absolute Gasteiger partial charge is 0.119 e. The van der Waals surface area contributed by atoms with E-state index in [0.717, 1.165) is 22.8 Å². The van der Waals surface area contributed by atoms with Gasteiger partial charge in [0.25, 0.3) is 0 Å². The normalized spacial score (nSPS) is 11.8. The van der Waals surface area contributed by atoms with Gasteiger partial charge in [0.15, 0.2) is 0 Å². The molecular formula is C17H21NO3. The zero-order chi connectivity index (χ0) is 15.1. The second kappa shape index (κ2) is 7.55. The van der Waals surface area contributed by atoms with Crippen LogP contribution in [0.15, 0.2) is 48.5 Å². The van der Waals surface area contributed by atoms with Gasteiger partial charge in [-0.3, -0.25) is 0 Å². The summed E-state index contributed by atoms with van der Waals surface area (Å²) in [5.41, 5.74) is 7.13. The van der Waals surface area contributed by atoms with Crippen LogP contribution in [0.4, 0.5) is 0 Å². The molecule has 2 N–H and O–H groups in total. The molecule has 21 heavy (non-hydrogen) atoms. The zero-order valence-electron chi connectivity index (χ0n) is 12.4. The summed E-state index contributed by atoms with van der Waals surface area (Å²) in [5.74, 6) is 2.41. The average Bonchev–Trinajstić information content (AvgIpc) is 2.54. The van der Waals surface area contributed by atoms with Crippen molar-refractivity contribution in [1.29, 1.82) is 0 Å². The molecule has 4 heteroatoms. The molecular weight excluding hydrogens is 266 g/mol. The van der Waals surface area contributed by atoms with Crippen molar-refractivity contribution in [2.75, 3.05) is 20.3 Å². The second-order valence-corrected chi connectivity index (χ2v) is 4.60. The Balaban J connectivity index is 1.92. The first kappa shape index (κ1) is 15.2. The standard InChI is InChI=1S/C17H21NO3/c1-3-20-14-7-9-15(10-8-14)21-12-17(18)13-5-4-6-16(11-13)19-2/h4-11,17H,3,12,18H2,1-2H3. The van der Waals surface area contributed by atoms with Gasteiger partial charge in [-0.15, -0.1) is 0 Å². The molecule has 0 aromatic heterocycles. The summed E-state index contributed by atoms with van der Waals surface area (Å²) < 4.78 is 16.3. The van der Waals surface area contributed by atoms with Crippen LogP contribution in [0, 0.1) is 0 Å². The van der Waals surface area contributed by atoms with E-state index in [0.29, 0.717) is 13.2 Å². The number of hydrogen-bond acceptors (Lipinski definition) is 4. The highest BCUT2D eigenvalue weighted by Gasteiger charge is 2.08. The molecule has 0 saturated carbocycles. The Kier molecular flexibility index (Phi) is 5.46. The molecule has 1 unspecified atom stereocenters. The summed E-state index contributed by atoms with van der Waals surface area (Å²) >= 11 is 0. The minimum atomic E-state index is -0.202. The van der Waals surface area contributed by atoms with Crippen LogP contribution in [0.1, 0.15) is 18.5 Å². The Hall–Kier alpha value is -2.20. The van der Waals surface area contributed by atoms with E-state index >= 15 is 0 Å². The Labute approximate surface area is 125 Å². The molecule has 0 amide bonds. The van der Waals surface area contributed by atoms with Crippen LogP contribution >= 0.6 is 0 Å². The van der Waals surface area contributed by atoms with E-state index in [4.69, 9.17) is 19.9 Å². The van der Waals surface area contributed by atoms with Gasteiger partial charge in [0.2, 0.25) is 0 Å². The van der Waals surface area contributed by atoms with Crippen molar-refractivity contribution >= 4 is 0 Å². The molecule has 0 aliphatic heterocycles. The predicted molar refractivity (Wildman–Crippen MR) is 83.0 cm³/mol. The van der Waals surface area contributed by atoms with E-state index in [2.05, 4.69) is 0 Å². The van der Waals surface area contributed by atoms with Crippen molar-refractivity contribution in [2.24, 2.45) is 5.73 Å². The Morgan fingerprint density at radius 1 is 0.952 bits per heavy atom. The Morgan fingerprint density at radius 3 is 2.24 bits per heavy atom. The molecule has 0 radical (unpaired) electrons. The van der Waals surface area contributed by atoms with Crippen LogP contribution in [0.25, 0.3) is 0 Å². The van der Waals surface area contributed by atoms with Gasteiger partial charge in [-0.2, -0.15) is 0 Å². The Morgan fingerprint density at radius 2 is 1.62 bits per heavy atom. The number of ether oxygens (including phenoxy) is 3. The van der Waals surface area contributed by atoms with Gasteiger partial charge in [0.1, 0.15) is 23.9 Å². The molecule has 0 spiro atoms. The molecule has 0 aliphatic carbocycles. The topological polar surface area (TPSA) is 53.7 Å². The third kappa shape index (κ3) is 4.39. The molecule has 0 heterocycles. The molecule has 0 aliphatic rings. The highest BCUT2D eigenvalue weighted by atomic mass is 16.5. The molecule has 2 rings (SSSR count). The number of nitrogens with two attached hydrogens (primary N) is 1. The van der Waals surface area contributed by atoms with E-state index in [1.165, 1.54) is 0 Å². The molecule has 2 aromatic rings. The molecule has 112 valence electrons. The molecule has 2 aromatic carbocycles. The fourth-order valence-electron chi connectivity index (χ4n) is 1.95. The van der Waals surface area contributed by atoms with Crippen molar-refractivity contribution in [2.45, 2.75) is 13.0 Å². The maximum Gasteiger partial charge on any atom is 0.119 e. The van der Waals surface area contributed by atoms with Crippen molar-refractivity contribution in [3.63, 3.8) is 0 Å². The van der Waals surface area contributed by atoms with Gasteiger partial charge in [-0.05, 0) is 48.9 Å². The lowest BCUT2D eigenvalue weighted by Gasteiger charge is -2.14. The number of hydrogen-bond donors (Lipinski definition) is 1. The number of methoxy groups -OCH3 is 1. The first-order valence-corrected chi connectivity index (χ1v) is 6.98. The number of rotatable bonds is 7. The lowest BCUT2D eigenvalue weighted by Crippen LogP contribution is -2.19. The summed E-state index contributed by atoms with van der Waals surface area (Å²) in [6.07, 6.45) is 0. The second-order valence-electron chi connectivity index (χ2n) is 4.60. The van der Waals surface area contributed by atoms with Crippen LogP contribution in [0.5, 0.6) is 17.2 Å². The maximum atomic E-state index is 6.14. The van der Waals surface area contributed by atoms with Gasteiger partial charge in [-0.1, -0.05) is 12.1 Å². The molecule has 0 fully saturated rings. The van der Waals surface area contributed by atoms with Crippen molar-refractivity contribution in [3.8, 4) is 17.2 Å². The quantitative estimate of drug-likeness (QED) is 0.850. The van der Waals surface area contributed by atoms with E-state index in [-0.39, 0.29) is 6.04 Å². The van der Waals surface area contributed by atoms with Crippen LogP contribution in [-0.4, -0.2) is 20.3 Å².